The molecule has 2 rings (SSSR count). The van der Waals surface area contributed by atoms with Crippen LogP contribution in [0.3, 0.4) is 0 Å². The lowest BCUT2D eigenvalue weighted by atomic mass is 10.1. The number of aryl methyl sites for hydroxylation is 1. The summed E-state index contributed by atoms with van der Waals surface area (Å²) in [7, 11) is 0. The second-order valence-corrected chi connectivity index (χ2v) is 4.16. The molecular weight excluding hydrogens is 241 g/mol. The Bertz CT molecular complexity index is 614. The van der Waals surface area contributed by atoms with E-state index in [1.807, 2.05) is 18.7 Å². The van der Waals surface area contributed by atoms with E-state index < -0.39 is 0 Å². The van der Waals surface area contributed by atoms with Gasteiger partial charge in [-0.05, 0) is 49.7 Å². The monoisotopic (exact) mass is 255 g/mol. The van der Waals surface area contributed by atoms with Crippen molar-refractivity contribution in [3.05, 3.63) is 53.5 Å². The molecule has 0 atom stereocenters. The first-order chi connectivity index (χ1) is 9.17. The first kappa shape index (κ1) is 13.0. The Morgan fingerprint density at radius 1 is 1.26 bits per heavy atom. The van der Waals surface area contributed by atoms with Crippen molar-refractivity contribution in [2.24, 2.45) is 0 Å². The van der Waals surface area contributed by atoms with Gasteiger partial charge in [-0.3, -0.25) is 0 Å². The third kappa shape index (κ3) is 2.55. The lowest BCUT2D eigenvalue weighted by Gasteiger charge is -2.23. The van der Waals surface area contributed by atoms with Gasteiger partial charge < -0.3 is 4.90 Å². The van der Waals surface area contributed by atoms with Gasteiger partial charge in [0, 0.05) is 18.4 Å². The van der Waals surface area contributed by atoms with Crippen LogP contribution in [0, 0.1) is 24.1 Å². The lowest BCUT2D eigenvalue weighted by molar-refractivity contribution is 0.628. The van der Waals surface area contributed by atoms with E-state index in [4.69, 9.17) is 0 Å². The van der Waals surface area contributed by atoms with E-state index in [0.717, 1.165) is 11.3 Å². The molecule has 0 fully saturated rings. The molecule has 1 heterocycles. The van der Waals surface area contributed by atoms with Crippen molar-refractivity contribution in [1.82, 2.24) is 4.98 Å². The van der Waals surface area contributed by atoms with Crippen molar-refractivity contribution in [3.8, 4) is 6.07 Å². The van der Waals surface area contributed by atoms with Gasteiger partial charge in [-0.25, -0.2) is 9.37 Å². The van der Waals surface area contributed by atoms with E-state index in [-0.39, 0.29) is 5.82 Å². The number of halogens is 1. The average molecular weight is 255 g/mol. The molecule has 0 amide bonds. The van der Waals surface area contributed by atoms with Crippen molar-refractivity contribution >= 4 is 11.5 Å². The number of pyridine rings is 1. The zero-order chi connectivity index (χ0) is 13.8. The Hall–Kier alpha value is -2.41. The van der Waals surface area contributed by atoms with Crippen LogP contribution in [-0.2, 0) is 0 Å². The number of rotatable bonds is 3. The highest BCUT2D eigenvalue weighted by Crippen LogP contribution is 2.27. The zero-order valence-electron chi connectivity index (χ0n) is 10.9. The molecule has 19 heavy (non-hydrogen) atoms. The summed E-state index contributed by atoms with van der Waals surface area (Å²) in [6.45, 7) is 4.49. The Kier molecular flexibility index (Phi) is 3.76. The summed E-state index contributed by atoms with van der Waals surface area (Å²) in [5.74, 6) is 0.328. The van der Waals surface area contributed by atoms with Gasteiger partial charge >= 0.3 is 0 Å². The number of nitrogens with zero attached hydrogens (tertiary/aromatic N) is 3. The maximum atomic E-state index is 13.0. The van der Waals surface area contributed by atoms with Gasteiger partial charge in [0.25, 0.3) is 0 Å². The van der Waals surface area contributed by atoms with E-state index in [2.05, 4.69) is 11.1 Å². The van der Waals surface area contributed by atoms with E-state index in [1.165, 1.54) is 12.1 Å². The predicted octanol–water partition coefficient (Wildman–Crippen LogP) is 3.56. The van der Waals surface area contributed by atoms with E-state index >= 15 is 0 Å². The molecule has 0 aliphatic carbocycles. The maximum absolute atomic E-state index is 13.0. The van der Waals surface area contributed by atoms with Crippen LogP contribution in [0.4, 0.5) is 15.9 Å². The van der Waals surface area contributed by atoms with Crippen LogP contribution in [0.5, 0.6) is 0 Å². The van der Waals surface area contributed by atoms with Crippen LogP contribution < -0.4 is 4.90 Å². The van der Waals surface area contributed by atoms with Gasteiger partial charge in [-0.2, -0.15) is 5.26 Å². The molecule has 3 nitrogen and oxygen atoms in total. The van der Waals surface area contributed by atoms with Crippen molar-refractivity contribution in [2.45, 2.75) is 13.8 Å². The summed E-state index contributed by atoms with van der Waals surface area (Å²) >= 11 is 0. The Labute approximate surface area is 111 Å². The van der Waals surface area contributed by atoms with Crippen molar-refractivity contribution in [3.63, 3.8) is 0 Å². The molecular formula is C15H14FN3. The summed E-state index contributed by atoms with van der Waals surface area (Å²) < 4.78 is 13.0. The minimum Gasteiger partial charge on any atom is -0.326 e. The quantitative estimate of drug-likeness (QED) is 0.841. The molecule has 0 radical (unpaired) electrons. The third-order valence-corrected chi connectivity index (χ3v) is 2.96. The summed E-state index contributed by atoms with van der Waals surface area (Å²) in [5, 5.41) is 9.26. The summed E-state index contributed by atoms with van der Waals surface area (Å²) in [6.07, 6.45) is 1.68. The Morgan fingerprint density at radius 2 is 1.95 bits per heavy atom. The summed E-state index contributed by atoms with van der Waals surface area (Å²) in [4.78, 5) is 6.18. The molecule has 0 aliphatic rings. The average Bonchev–Trinajstić information content (AvgIpc) is 2.42. The number of aromatic nitrogens is 1. The highest BCUT2D eigenvalue weighted by molar-refractivity contribution is 5.67. The van der Waals surface area contributed by atoms with Crippen molar-refractivity contribution < 1.29 is 4.39 Å². The van der Waals surface area contributed by atoms with Crippen LogP contribution in [0.2, 0.25) is 0 Å². The van der Waals surface area contributed by atoms with Gasteiger partial charge in [-0.1, -0.05) is 0 Å². The lowest BCUT2D eigenvalue weighted by Crippen LogP contribution is -2.19. The van der Waals surface area contributed by atoms with Gasteiger partial charge in [0.15, 0.2) is 5.82 Å². The van der Waals surface area contributed by atoms with Crippen LogP contribution in [0.25, 0.3) is 0 Å². The minimum absolute atomic E-state index is 0.280. The normalized spacial score (nSPS) is 10.0. The van der Waals surface area contributed by atoms with E-state index in [0.29, 0.717) is 17.9 Å². The summed E-state index contributed by atoms with van der Waals surface area (Å²) in [6, 6.07) is 10.2. The fraction of sp³-hybridized carbons (Fsp3) is 0.200. The number of anilines is 2. The van der Waals surface area contributed by atoms with Gasteiger partial charge in [0.1, 0.15) is 11.9 Å². The second kappa shape index (κ2) is 5.49. The highest BCUT2D eigenvalue weighted by Gasteiger charge is 2.14. The largest absolute Gasteiger partial charge is 0.326 e. The topological polar surface area (TPSA) is 39.9 Å². The third-order valence-electron chi connectivity index (χ3n) is 2.96. The first-order valence-electron chi connectivity index (χ1n) is 6.06. The smallest absolute Gasteiger partial charge is 0.151 e. The molecule has 96 valence electrons. The van der Waals surface area contributed by atoms with Crippen molar-refractivity contribution in [2.75, 3.05) is 11.4 Å². The summed E-state index contributed by atoms with van der Waals surface area (Å²) in [5.41, 5.74) is 2.25. The number of benzene rings is 1. The minimum atomic E-state index is -0.280. The van der Waals surface area contributed by atoms with Gasteiger partial charge in [0.05, 0.1) is 5.56 Å². The molecule has 4 heteroatoms. The fourth-order valence-electron chi connectivity index (χ4n) is 1.96. The standard InChI is InChI=1S/C15H14FN3/c1-3-19(13-6-4-12(16)5-7-13)15-14(10-17)11(2)8-9-18-15/h4-9H,3H2,1-2H3. The molecule has 0 saturated heterocycles. The van der Waals surface area contributed by atoms with Crippen LogP contribution >= 0.6 is 0 Å². The molecule has 1 aromatic carbocycles. The molecule has 0 spiro atoms. The number of nitriles is 1. The molecule has 2 aromatic rings. The fourth-order valence-corrected chi connectivity index (χ4v) is 1.96. The first-order valence-corrected chi connectivity index (χ1v) is 6.06. The van der Waals surface area contributed by atoms with Gasteiger partial charge in [-0.15, -0.1) is 0 Å². The molecule has 0 aliphatic heterocycles. The second-order valence-electron chi connectivity index (χ2n) is 4.16. The highest BCUT2D eigenvalue weighted by atomic mass is 19.1. The molecule has 0 unspecified atom stereocenters. The Balaban J connectivity index is 2.52. The van der Waals surface area contributed by atoms with Crippen molar-refractivity contribution in [1.29, 1.82) is 5.26 Å². The SMILES string of the molecule is CCN(c1ccc(F)cc1)c1nccc(C)c1C#N. The number of hydrogen-bond donors (Lipinski definition) is 0. The zero-order valence-corrected chi connectivity index (χ0v) is 10.9. The van der Waals surface area contributed by atoms with Gasteiger partial charge in [0.2, 0.25) is 0 Å². The maximum Gasteiger partial charge on any atom is 0.151 e. The Morgan fingerprint density at radius 3 is 2.53 bits per heavy atom. The number of hydrogen-bond acceptors (Lipinski definition) is 3. The molecule has 0 N–H and O–H groups in total. The molecule has 1 aromatic heterocycles. The molecule has 0 bridgehead atoms. The van der Waals surface area contributed by atoms with Crippen LogP contribution in [0.1, 0.15) is 18.1 Å². The van der Waals surface area contributed by atoms with E-state index in [9.17, 15) is 9.65 Å². The van der Waals surface area contributed by atoms with Crippen LogP contribution in [0.15, 0.2) is 36.5 Å². The van der Waals surface area contributed by atoms with E-state index in [1.54, 1.807) is 24.4 Å². The predicted molar refractivity (Wildman–Crippen MR) is 72.8 cm³/mol. The molecule has 0 saturated carbocycles. The van der Waals surface area contributed by atoms with Crippen LogP contribution in [-0.4, -0.2) is 11.5 Å².